The molecule has 0 aliphatic carbocycles. The Morgan fingerprint density at radius 3 is 1.76 bits per heavy atom. The summed E-state index contributed by atoms with van der Waals surface area (Å²) in [6, 6.07) is 10.4. The van der Waals surface area contributed by atoms with Gasteiger partial charge in [0.25, 0.3) is 0 Å². The van der Waals surface area contributed by atoms with E-state index in [4.69, 9.17) is 18.9 Å². The molecule has 1 aliphatic heterocycles. The summed E-state index contributed by atoms with van der Waals surface area (Å²) >= 11 is 0. The monoisotopic (exact) mass is 532 g/mol. The summed E-state index contributed by atoms with van der Waals surface area (Å²) in [7, 11) is 0. The molecule has 1 aromatic carbocycles. The van der Waals surface area contributed by atoms with Crippen molar-refractivity contribution in [3.8, 4) is 0 Å². The van der Waals surface area contributed by atoms with Crippen molar-refractivity contribution in [3.05, 3.63) is 35.9 Å². The SMILES string of the molecule is CCCCCCCCCCCCCCCCC[C@@H]1OC[C@@H](COCCCCCCOCc2ccccc2)O1. The van der Waals surface area contributed by atoms with Gasteiger partial charge in [-0.1, -0.05) is 140 Å². The lowest BCUT2D eigenvalue weighted by Gasteiger charge is -2.12. The van der Waals surface area contributed by atoms with Crippen LogP contribution in [0.15, 0.2) is 30.3 Å². The quantitative estimate of drug-likeness (QED) is 0.106. The third-order valence-corrected chi connectivity index (χ3v) is 7.60. The number of benzene rings is 1. The minimum Gasteiger partial charge on any atom is -0.379 e. The molecule has 0 unspecified atom stereocenters. The highest BCUT2D eigenvalue weighted by atomic mass is 16.7. The summed E-state index contributed by atoms with van der Waals surface area (Å²) in [5.41, 5.74) is 1.25. The number of unbranched alkanes of at least 4 members (excludes halogenated alkanes) is 17. The average Bonchev–Trinajstić information content (AvgIpc) is 3.40. The largest absolute Gasteiger partial charge is 0.379 e. The lowest BCUT2D eigenvalue weighted by Crippen LogP contribution is -2.19. The van der Waals surface area contributed by atoms with Crippen LogP contribution in [0, 0.1) is 0 Å². The Morgan fingerprint density at radius 1 is 0.632 bits per heavy atom. The molecule has 2 atom stereocenters. The topological polar surface area (TPSA) is 36.9 Å². The Hall–Kier alpha value is -0.940. The molecule has 0 amide bonds. The fourth-order valence-electron chi connectivity index (χ4n) is 5.17. The van der Waals surface area contributed by atoms with E-state index in [2.05, 4.69) is 31.2 Å². The van der Waals surface area contributed by atoms with E-state index in [-0.39, 0.29) is 12.4 Å². The second kappa shape index (κ2) is 25.1. The molecule has 2 rings (SSSR count). The van der Waals surface area contributed by atoms with E-state index in [1.54, 1.807) is 0 Å². The van der Waals surface area contributed by atoms with E-state index in [9.17, 15) is 0 Å². The van der Waals surface area contributed by atoms with Gasteiger partial charge >= 0.3 is 0 Å². The zero-order chi connectivity index (χ0) is 26.8. The molecule has 4 heteroatoms. The molecular formula is C34H60O4. The van der Waals surface area contributed by atoms with Crippen LogP contribution >= 0.6 is 0 Å². The maximum atomic E-state index is 6.03. The molecule has 1 heterocycles. The van der Waals surface area contributed by atoms with Gasteiger partial charge in [0.15, 0.2) is 6.29 Å². The Kier molecular flexibility index (Phi) is 21.9. The van der Waals surface area contributed by atoms with Gasteiger partial charge in [0.2, 0.25) is 0 Å². The zero-order valence-electron chi connectivity index (χ0n) is 24.9. The van der Waals surface area contributed by atoms with Crippen LogP contribution in [-0.2, 0) is 25.6 Å². The third kappa shape index (κ3) is 19.2. The van der Waals surface area contributed by atoms with Crippen LogP contribution < -0.4 is 0 Å². The van der Waals surface area contributed by atoms with Gasteiger partial charge in [0.05, 0.1) is 19.8 Å². The molecule has 0 spiro atoms. The number of ether oxygens (including phenoxy) is 4. The van der Waals surface area contributed by atoms with E-state index in [0.29, 0.717) is 19.8 Å². The van der Waals surface area contributed by atoms with E-state index in [1.807, 2.05) is 6.07 Å². The van der Waals surface area contributed by atoms with Gasteiger partial charge in [-0.3, -0.25) is 0 Å². The standard InChI is InChI=1S/C34H60O4/c1-2-3-4-5-6-7-8-9-10-11-12-13-14-15-21-26-34-37-31-33(38-34)30-36-28-23-17-16-22-27-35-29-32-24-19-18-20-25-32/h18-20,24-25,33-34H,2-17,21-23,26-31H2,1H3/t33-,34-/m1/s1. The minimum atomic E-state index is -0.0125. The van der Waals surface area contributed by atoms with Crippen molar-refractivity contribution in [2.24, 2.45) is 0 Å². The lowest BCUT2D eigenvalue weighted by molar-refractivity contribution is -0.0761. The molecule has 0 saturated carbocycles. The summed E-state index contributed by atoms with van der Waals surface area (Å²) in [4.78, 5) is 0. The second-order valence-electron chi connectivity index (χ2n) is 11.3. The smallest absolute Gasteiger partial charge is 0.158 e. The Bertz CT molecular complexity index is 608. The maximum absolute atomic E-state index is 6.03. The van der Waals surface area contributed by atoms with Crippen molar-refractivity contribution >= 4 is 0 Å². The van der Waals surface area contributed by atoms with Crippen LogP contribution in [0.4, 0.5) is 0 Å². The molecular weight excluding hydrogens is 472 g/mol. The fourth-order valence-corrected chi connectivity index (χ4v) is 5.17. The first kappa shape index (κ1) is 33.3. The molecule has 0 radical (unpaired) electrons. The summed E-state index contributed by atoms with van der Waals surface area (Å²) in [6.07, 6.45) is 26.8. The van der Waals surface area contributed by atoms with Gasteiger partial charge in [-0.2, -0.15) is 0 Å². The molecule has 220 valence electrons. The molecule has 1 saturated heterocycles. The van der Waals surface area contributed by atoms with E-state index in [1.165, 1.54) is 115 Å². The van der Waals surface area contributed by atoms with Gasteiger partial charge in [-0.05, 0) is 31.2 Å². The molecule has 0 N–H and O–H groups in total. The van der Waals surface area contributed by atoms with E-state index in [0.717, 1.165) is 32.5 Å². The second-order valence-corrected chi connectivity index (χ2v) is 11.3. The highest BCUT2D eigenvalue weighted by Gasteiger charge is 2.25. The Labute approximate surface area is 235 Å². The normalized spacial score (nSPS) is 17.4. The minimum absolute atomic E-state index is 0.0125. The van der Waals surface area contributed by atoms with Crippen molar-refractivity contribution in [2.75, 3.05) is 26.4 Å². The summed E-state index contributed by atoms with van der Waals surface area (Å²) < 4.78 is 23.5. The average molecular weight is 533 g/mol. The van der Waals surface area contributed by atoms with Gasteiger partial charge in [0.1, 0.15) is 6.10 Å². The van der Waals surface area contributed by atoms with Crippen LogP contribution in [0.3, 0.4) is 0 Å². The van der Waals surface area contributed by atoms with Crippen LogP contribution in [0.25, 0.3) is 0 Å². The summed E-state index contributed by atoms with van der Waals surface area (Å²) in [6.45, 7) is 6.00. The van der Waals surface area contributed by atoms with Crippen molar-refractivity contribution in [1.29, 1.82) is 0 Å². The van der Waals surface area contributed by atoms with Gasteiger partial charge in [-0.25, -0.2) is 0 Å². The molecule has 0 aromatic heterocycles. The molecule has 1 fully saturated rings. The van der Waals surface area contributed by atoms with Gasteiger partial charge < -0.3 is 18.9 Å². The first-order chi connectivity index (χ1) is 18.9. The Morgan fingerprint density at radius 2 is 1.16 bits per heavy atom. The first-order valence-electron chi connectivity index (χ1n) is 16.3. The number of hydrogen-bond donors (Lipinski definition) is 0. The summed E-state index contributed by atoms with van der Waals surface area (Å²) in [5, 5.41) is 0. The third-order valence-electron chi connectivity index (χ3n) is 7.60. The lowest BCUT2D eigenvalue weighted by atomic mass is 10.0. The van der Waals surface area contributed by atoms with Gasteiger partial charge in [0, 0.05) is 13.2 Å². The van der Waals surface area contributed by atoms with E-state index < -0.39 is 0 Å². The number of rotatable bonds is 27. The van der Waals surface area contributed by atoms with Crippen LogP contribution in [0.1, 0.15) is 141 Å². The zero-order valence-corrected chi connectivity index (χ0v) is 24.9. The fraction of sp³-hybridized carbons (Fsp3) is 0.824. The molecule has 38 heavy (non-hydrogen) atoms. The van der Waals surface area contributed by atoms with Crippen molar-refractivity contribution in [3.63, 3.8) is 0 Å². The first-order valence-corrected chi connectivity index (χ1v) is 16.3. The predicted octanol–water partition coefficient (Wildman–Crippen LogP) is 9.78. The molecule has 0 bridgehead atoms. The van der Waals surface area contributed by atoms with Crippen molar-refractivity contribution < 1.29 is 18.9 Å². The van der Waals surface area contributed by atoms with Crippen LogP contribution in [0.5, 0.6) is 0 Å². The maximum Gasteiger partial charge on any atom is 0.158 e. The molecule has 1 aliphatic rings. The van der Waals surface area contributed by atoms with Gasteiger partial charge in [-0.15, -0.1) is 0 Å². The highest BCUT2D eigenvalue weighted by Crippen LogP contribution is 2.19. The van der Waals surface area contributed by atoms with Crippen molar-refractivity contribution in [1.82, 2.24) is 0 Å². The van der Waals surface area contributed by atoms with Crippen LogP contribution in [-0.4, -0.2) is 38.8 Å². The number of hydrogen-bond acceptors (Lipinski definition) is 4. The van der Waals surface area contributed by atoms with Crippen molar-refractivity contribution in [2.45, 2.75) is 154 Å². The van der Waals surface area contributed by atoms with Crippen LogP contribution in [0.2, 0.25) is 0 Å². The highest BCUT2D eigenvalue weighted by molar-refractivity contribution is 5.13. The van der Waals surface area contributed by atoms with E-state index >= 15 is 0 Å². The molecule has 4 nitrogen and oxygen atoms in total. The Balaban J connectivity index is 1.25. The summed E-state index contributed by atoms with van der Waals surface area (Å²) in [5.74, 6) is 0. The predicted molar refractivity (Wildman–Crippen MR) is 160 cm³/mol. The molecule has 1 aromatic rings.